The highest BCUT2D eigenvalue weighted by Gasteiger charge is 2.27. The highest BCUT2D eigenvalue weighted by Crippen LogP contribution is 2.29. The van der Waals surface area contributed by atoms with Gasteiger partial charge in [0.2, 0.25) is 11.7 Å². The Balaban J connectivity index is 1.78. The first-order valence-electron chi connectivity index (χ1n) is 9.21. The molecule has 0 saturated carbocycles. The fourth-order valence-corrected chi connectivity index (χ4v) is 3.81. The van der Waals surface area contributed by atoms with Crippen molar-refractivity contribution in [1.29, 1.82) is 0 Å². The maximum Gasteiger partial charge on any atom is 0.340 e. The van der Waals surface area contributed by atoms with Gasteiger partial charge in [-0.3, -0.25) is 14.4 Å². The molecule has 1 N–H and O–H groups in total. The monoisotopic (exact) mass is 416 g/mol. The van der Waals surface area contributed by atoms with E-state index in [1.165, 1.54) is 24.0 Å². The number of ether oxygens (including phenoxy) is 1. The van der Waals surface area contributed by atoms with Gasteiger partial charge in [-0.05, 0) is 51.0 Å². The van der Waals surface area contributed by atoms with Crippen molar-refractivity contribution >= 4 is 40.7 Å². The van der Waals surface area contributed by atoms with Crippen LogP contribution in [0.5, 0.6) is 0 Å². The van der Waals surface area contributed by atoms with Crippen molar-refractivity contribution < 1.29 is 23.9 Å². The number of hydrogen-bond donors (Lipinski definition) is 1. The van der Waals surface area contributed by atoms with Gasteiger partial charge < -0.3 is 14.6 Å². The number of rotatable bonds is 6. The Labute approximate surface area is 173 Å². The number of benzene rings is 1. The van der Waals surface area contributed by atoms with Gasteiger partial charge in [0.1, 0.15) is 0 Å². The standard InChI is InChI=1S/C21H21ClN2O5/c1-11-19(13(3)25)12(2)23-20(11)17(26)10-29-21(28)15-7-6-14(22)9-16(15)24-8-4-5-18(24)27/h6-7,9,23H,4-5,8,10H2,1-3H3. The number of carbonyl (C=O) groups excluding carboxylic acids is 4. The summed E-state index contributed by atoms with van der Waals surface area (Å²) >= 11 is 6.04. The van der Waals surface area contributed by atoms with Crippen LogP contribution < -0.4 is 4.90 Å². The van der Waals surface area contributed by atoms with Crippen LogP contribution in [-0.2, 0) is 9.53 Å². The second-order valence-electron chi connectivity index (χ2n) is 6.99. The number of nitrogens with zero attached hydrogens (tertiary/aromatic N) is 1. The number of aryl methyl sites for hydroxylation is 1. The molecule has 1 saturated heterocycles. The normalized spacial score (nSPS) is 13.7. The van der Waals surface area contributed by atoms with Crippen LogP contribution in [0.1, 0.15) is 62.2 Å². The summed E-state index contributed by atoms with van der Waals surface area (Å²) in [4.78, 5) is 53.4. The zero-order valence-corrected chi connectivity index (χ0v) is 17.2. The summed E-state index contributed by atoms with van der Waals surface area (Å²) in [7, 11) is 0. The molecular weight excluding hydrogens is 396 g/mol. The number of amides is 1. The number of anilines is 1. The van der Waals surface area contributed by atoms with Gasteiger partial charge in [-0.2, -0.15) is 0 Å². The molecule has 0 aliphatic carbocycles. The number of hydrogen-bond acceptors (Lipinski definition) is 5. The molecule has 0 radical (unpaired) electrons. The van der Waals surface area contributed by atoms with E-state index < -0.39 is 18.4 Å². The van der Waals surface area contributed by atoms with E-state index in [1.807, 2.05) is 0 Å². The van der Waals surface area contributed by atoms with Gasteiger partial charge in [-0.15, -0.1) is 0 Å². The average molecular weight is 417 g/mol. The van der Waals surface area contributed by atoms with Crippen LogP contribution in [0.3, 0.4) is 0 Å². The molecule has 0 atom stereocenters. The molecule has 29 heavy (non-hydrogen) atoms. The lowest BCUT2D eigenvalue weighted by molar-refractivity contribution is -0.117. The van der Waals surface area contributed by atoms with Crippen LogP contribution in [-0.4, -0.2) is 41.6 Å². The zero-order chi connectivity index (χ0) is 21.3. The Morgan fingerprint density at radius 2 is 1.97 bits per heavy atom. The first kappa shape index (κ1) is 20.8. The molecule has 7 nitrogen and oxygen atoms in total. The van der Waals surface area contributed by atoms with E-state index >= 15 is 0 Å². The SMILES string of the molecule is CC(=O)c1c(C)[nH]c(C(=O)COC(=O)c2ccc(Cl)cc2N2CCCC2=O)c1C. The van der Waals surface area contributed by atoms with Crippen LogP contribution in [0.15, 0.2) is 18.2 Å². The van der Waals surface area contributed by atoms with E-state index in [0.717, 1.165) is 0 Å². The van der Waals surface area contributed by atoms with Gasteiger partial charge in [-0.1, -0.05) is 11.6 Å². The van der Waals surface area contributed by atoms with Gasteiger partial charge in [-0.25, -0.2) is 4.79 Å². The number of halogens is 1. The molecule has 152 valence electrons. The van der Waals surface area contributed by atoms with E-state index in [1.54, 1.807) is 19.9 Å². The van der Waals surface area contributed by atoms with E-state index in [0.29, 0.717) is 46.9 Å². The molecule has 0 unspecified atom stereocenters. The molecule has 1 aliphatic rings. The van der Waals surface area contributed by atoms with Crippen molar-refractivity contribution in [3.63, 3.8) is 0 Å². The third kappa shape index (κ3) is 4.10. The van der Waals surface area contributed by atoms with E-state index in [-0.39, 0.29) is 22.9 Å². The molecule has 0 spiro atoms. The van der Waals surface area contributed by atoms with Gasteiger partial charge in [0.15, 0.2) is 12.4 Å². The summed E-state index contributed by atoms with van der Waals surface area (Å²) in [6, 6.07) is 4.55. The summed E-state index contributed by atoms with van der Waals surface area (Å²) in [5, 5.41) is 0.390. The predicted molar refractivity (Wildman–Crippen MR) is 108 cm³/mol. The molecular formula is C21H21ClN2O5. The quantitative estimate of drug-likeness (QED) is 0.572. The average Bonchev–Trinajstić information content (AvgIpc) is 3.21. The largest absolute Gasteiger partial charge is 0.454 e. The Hall–Kier alpha value is -2.93. The Morgan fingerprint density at radius 1 is 1.24 bits per heavy atom. The molecule has 1 amide bonds. The minimum Gasteiger partial charge on any atom is -0.454 e. The van der Waals surface area contributed by atoms with Crippen LogP contribution in [0.4, 0.5) is 5.69 Å². The minimum atomic E-state index is -0.725. The van der Waals surface area contributed by atoms with Gasteiger partial charge >= 0.3 is 5.97 Å². The van der Waals surface area contributed by atoms with Crippen molar-refractivity contribution in [3.8, 4) is 0 Å². The van der Waals surface area contributed by atoms with E-state index in [2.05, 4.69) is 4.98 Å². The fraction of sp³-hybridized carbons (Fsp3) is 0.333. The van der Waals surface area contributed by atoms with Crippen molar-refractivity contribution in [3.05, 3.63) is 51.3 Å². The number of aromatic nitrogens is 1. The molecule has 0 bridgehead atoms. The lowest BCUT2D eigenvalue weighted by atomic mass is 10.1. The maximum atomic E-state index is 12.6. The number of nitrogens with one attached hydrogen (secondary N) is 1. The molecule has 3 rings (SSSR count). The molecule has 1 fully saturated rings. The van der Waals surface area contributed by atoms with Crippen LogP contribution in [0.25, 0.3) is 0 Å². The first-order chi connectivity index (χ1) is 13.7. The topological polar surface area (TPSA) is 96.5 Å². The highest BCUT2D eigenvalue weighted by atomic mass is 35.5. The fourth-order valence-electron chi connectivity index (χ4n) is 3.64. The molecule has 2 heterocycles. The zero-order valence-electron chi connectivity index (χ0n) is 16.4. The number of carbonyl (C=O) groups is 4. The van der Waals surface area contributed by atoms with E-state index in [9.17, 15) is 19.2 Å². The van der Waals surface area contributed by atoms with Gasteiger partial charge in [0.25, 0.3) is 0 Å². The highest BCUT2D eigenvalue weighted by molar-refractivity contribution is 6.31. The molecule has 1 aliphatic heterocycles. The number of Topliss-reactive ketones (excluding diaryl/α,β-unsaturated/α-hetero) is 2. The number of ketones is 2. The lowest BCUT2D eigenvalue weighted by Crippen LogP contribution is -2.26. The maximum absolute atomic E-state index is 12.6. The van der Waals surface area contributed by atoms with Crippen molar-refractivity contribution in [2.75, 3.05) is 18.1 Å². The third-order valence-electron chi connectivity index (χ3n) is 4.95. The molecule has 1 aromatic carbocycles. The lowest BCUT2D eigenvalue weighted by Gasteiger charge is -2.19. The van der Waals surface area contributed by atoms with Crippen molar-refractivity contribution in [1.82, 2.24) is 4.98 Å². The van der Waals surface area contributed by atoms with Gasteiger partial charge in [0.05, 0.1) is 16.9 Å². The second kappa shape index (κ2) is 8.21. The van der Waals surface area contributed by atoms with Crippen LogP contribution in [0, 0.1) is 13.8 Å². The Bertz CT molecular complexity index is 1020. The number of aromatic amines is 1. The summed E-state index contributed by atoms with van der Waals surface area (Å²) in [5.41, 5.74) is 2.38. The van der Waals surface area contributed by atoms with Crippen molar-refractivity contribution in [2.45, 2.75) is 33.6 Å². The minimum absolute atomic E-state index is 0.0911. The summed E-state index contributed by atoms with van der Waals surface area (Å²) in [6.45, 7) is 4.81. The summed E-state index contributed by atoms with van der Waals surface area (Å²) in [5.74, 6) is -1.41. The summed E-state index contributed by atoms with van der Waals surface area (Å²) < 4.78 is 5.21. The molecule has 2 aromatic rings. The smallest absolute Gasteiger partial charge is 0.340 e. The number of H-pyrrole nitrogens is 1. The predicted octanol–water partition coefficient (Wildman–Crippen LogP) is 3.65. The third-order valence-corrected chi connectivity index (χ3v) is 5.18. The van der Waals surface area contributed by atoms with Gasteiger partial charge in [0, 0.05) is 29.2 Å². The first-order valence-corrected chi connectivity index (χ1v) is 9.58. The Kier molecular flexibility index (Phi) is 5.88. The molecule has 1 aromatic heterocycles. The number of esters is 1. The molecule has 8 heteroatoms. The van der Waals surface area contributed by atoms with E-state index in [4.69, 9.17) is 16.3 Å². The van der Waals surface area contributed by atoms with Crippen LogP contribution >= 0.6 is 11.6 Å². The second-order valence-corrected chi connectivity index (χ2v) is 7.43. The van der Waals surface area contributed by atoms with Crippen molar-refractivity contribution in [2.24, 2.45) is 0 Å². The Morgan fingerprint density at radius 3 is 2.55 bits per heavy atom. The van der Waals surface area contributed by atoms with Crippen LogP contribution in [0.2, 0.25) is 5.02 Å². The summed E-state index contributed by atoms with van der Waals surface area (Å²) in [6.07, 6.45) is 1.10.